The number of hydrogen-bond acceptors (Lipinski definition) is 3. The lowest BCUT2D eigenvalue weighted by atomic mass is 10.1. The number of carbonyl (C=O) groups excluding carboxylic acids is 1. The zero-order valence-electron chi connectivity index (χ0n) is 9.75. The second kappa shape index (κ2) is 6.33. The first kappa shape index (κ1) is 12.8. The molecule has 1 amide bonds. The van der Waals surface area contributed by atoms with Crippen molar-refractivity contribution < 1.29 is 4.79 Å². The molecule has 1 heterocycles. The van der Waals surface area contributed by atoms with Crippen molar-refractivity contribution in [2.45, 2.75) is 26.7 Å². The minimum Gasteiger partial charge on any atom is -0.402 e. The van der Waals surface area contributed by atoms with Gasteiger partial charge in [0.2, 0.25) is 5.91 Å². The maximum atomic E-state index is 11.7. The first-order chi connectivity index (χ1) is 7.65. The Morgan fingerprint density at radius 1 is 1.56 bits per heavy atom. The standard InChI is InChI=1S/C12H18N2OS/c1-3-11(9(2)13)12(15)14-7-6-10-5-4-8-16-10/h4-5,8H,3,6-7,13H2,1-2H3,(H,14,15). The molecular formula is C12H18N2OS. The van der Waals surface area contributed by atoms with Crippen molar-refractivity contribution in [3.63, 3.8) is 0 Å². The Kier molecular flexibility index (Phi) is 5.05. The van der Waals surface area contributed by atoms with E-state index in [1.54, 1.807) is 18.3 Å². The second-order valence-electron chi connectivity index (χ2n) is 3.60. The van der Waals surface area contributed by atoms with Crippen LogP contribution >= 0.6 is 11.3 Å². The Morgan fingerprint density at radius 3 is 2.81 bits per heavy atom. The van der Waals surface area contributed by atoms with E-state index in [0.717, 1.165) is 6.42 Å². The topological polar surface area (TPSA) is 55.1 Å². The molecule has 1 aromatic rings. The number of rotatable bonds is 5. The molecule has 0 aliphatic carbocycles. The van der Waals surface area contributed by atoms with Crippen molar-refractivity contribution in [1.82, 2.24) is 5.32 Å². The lowest BCUT2D eigenvalue weighted by Crippen LogP contribution is -2.28. The lowest BCUT2D eigenvalue weighted by Gasteiger charge is -2.08. The number of carbonyl (C=O) groups is 1. The summed E-state index contributed by atoms with van der Waals surface area (Å²) in [4.78, 5) is 13.0. The first-order valence-corrected chi connectivity index (χ1v) is 6.29. The van der Waals surface area contributed by atoms with Crippen molar-refractivity contribution in [1.29, 1.82) is 0 Å². The highest BCUT2D eigenvalue weighted by atomic mass is 32.1. The summed E-state index contributed by atoms with van der Waals surface area (Å²) in [6.45, 7) is 4.36. The van der Waals surface area contributed by atoms with E-state index in [-0.39, 0.29) is 5.91 Å². The molecule has 0 aliphatic rings. The van der Waals surface area contributed by atoms with Crippen molar-refractivity contribution in [2.24, 2.45) is 5.73 Å². The molecule has 16 heavy (non-hydrogen) atoms. The Balaban J connectivity index is 2.38. The summed E-state index contributed by atoms with van der Waals surface area (Å²) in [5.74, 6) is -0.0425. The van der Waals surface area contributed by atoms with Crippen LogP contribution in [-0.4, -0.2) is 12.5 Å². The summed E-state index contributed by atoms with van der Waals surface area (Å²) in [6.07, 6.45) is 1.55. The fourth-order valence-corrected chi connectivity index (χ4v) is 2.19. The van der Waals surface area contributed by atoms with Crippen LogP contribution in [0, 0.1) is 0 Å². The molecule has 0 saturated carbocycles. The molecule has 3 N–H and O–H groups in total. The van der Waals surface area contributed by atoms with E-state index in [1.807, 2.05) is 18.4 Å². The van der Waals surface area contributed by atoms with Gasteiger partial charge in [0.25, 0.3) is 0 Å². The summed E-state index contributed by atoms with van der Waals surface area (Å²) >= 11 is 1.71. The SMILES string of the molecule is CCC(C(=O)NCCc1cccs1)=C(C)N. The molecule has 88 valence electrons. The molecular weight excluding hydrogens is 220 g/mol. The minimum atomic E-state index is -0.0425. The third-order valence-corrected chi connectivity index (χ3v) is 3.28. The molecule has 0 radical (unpaired) electrons. The van der Waals surface area contributed by atoms with E-state index in [1.165, 1.54) is 4.88 Å². The van der Waals surface area contributed by atoms with E-state index in [9.17, 15) is 4.79 Å². The molecule has 3 nitrogen and oxygen atoms in total. The van der Waals surface area contributed by atoms with Gasteiger partial charge in [-0.3, -0.25) is 4.79 Å². The van der Waals surface area contributed by atoms with E-state index in [0.29, 0.717) is 24.2 Å². The Bertz CT molecular complexity index is 364. The molecule has 1 aromatic heterocycles. The number of allylic oxidation sites excluding steroid dienone is 1. The zero-order chi connectivity index (χ0) is 12.0. The van der Waals surface area contributed by atoms with Crippen molar-refractivity contribution >= 4 is 17.2 Å². The quantitative estimate of drug-likeness (QED) is 0.771. The summed E-state index contributed by atoms with van der Waals surface area (Å²) in [7, 11) is 0. The Hall–Kier alpha value is -1.29. The molecule has 0 spiro atoms. The van der Waals surface area contributed by atoms with Gasteiger partial charge in [-0.2, -0.15) is 0 Å². The van der Waals surface area contributed by atoms with E-state index < -0.39 is 0 Å². The zero-order valence-corrected chi connectivity index (χ0v) is 10.6. The number of hydrogen-bond donors (Lipinski definition) is 2. The van der Waals surface area contributed by atoms with Gasteiger partial charge in [-0.25, -0.2) is 0 Å². The number of nitrogens with one attached hydrogen (secondary N) is 1. The second-order valence-corrected chi connectivity index (χ2v) is 4.63. The van der Waals surface area contributed by atoms with Crippen LogP contribution < -0.4 is 11.1 Å². The molecule has 0 saturated heterocycles. The van der Waals surface area contributed by atoms with Crippen LogP contribution in [0.4, 0.5) is 0 Å². The van der Waals surface area contributed by atoms with Crippen molar-refractivity contribution in [2.75, 3.05) is 6.54 Å². The number of amides is 1. The van der Waals surface area contributed by atoms with Gasteiger partial charge < -0.3 is 11.1 Å². The summed E-state index contributed by atoms with van der Waals surface area (Å²) < 4.78 is 0. The van der Waals surface area contributed by atoms with E-state index >= 15 is 0 Å². The Morgan fingerprint density at radius 2 is 2.31 bits per heavy atom. The van der Waals surface area contributed by atoms with Crippen LogP contribution in [-0.2, 0) is 11.2 Å². The van der Waals surface area contributed by atoms with Crippen LogP contribution in [0.25, 0.3) is 0 Å². The molecule has 4 heteroatoms. The predicted octanol–water partition coefficient (Wildman–Crippen LogP) is 2.05. The highest BCUT2D eigenvalue weighted by Gasteiger charge is 2.08. The fourth-order valence-electron chi connectivity index (χ4n) is 1.48. The minimum absolute atomic E-state index is 0.0425. The fraction of sp³-hybridized carbons (Fsp3) is 0.417. The van der Waals surface area contributed by atoms with Gasteiger partial charge in [-0.1, -0.05) is 13.0 Å². The average Bonchev–Trinajstić information content (AvgIpc) is 2.71. The van der Waals surface area contributed by atoms with Crippen LogP contribution in [0.2, 0.25) is 0 Å². The van der Waals surface area contributed by atoms with Gasteiger partial charge in [0, 0.05) is 22.7 Å². The van der Waals surface area contributed by atoms with Crippen molar-refractivity contribution in [3.8, 4) is 0 Å². The smallest absolute Gasteiger partial charge is 0.248 e. The molecule has 1 rings (SSSR count). The molecule has 0 aliphatic heterocycles. The molecule has 0 atom stereocenters. The van der Waals surface area contributed by atoms with E-state index in [4.69, 9.17) is 5.73 Å². The van der Waals surface area contributed by atoms with Crippen LogP contribution in [0.15, 0.2) is 28.8 Å². The van der Waals surface area contributed by atoms with E-state index in [2.05, 4.69) is 11.4 Å². The third-order valence-electron chi connectivity index (χ3n) is 2.34. The monoisotopic (exact) mass is 238 g/mol. The van der Waals surface area contributed by atoms with Crippen LogP contribution in [0.5, 0.6) is 0 Å². The average molecular weight is 238 g/mol. The van der Waals surface area contributed by atoms with Crippen molar-refractivity contribution in [3.05, 3.63) is 33.7 Å². The number of nitrogens with two attached hydrogens (primary N) is 1. The first-order valence-electron chi connectivity index (χ1n) is 5.41. The molecule has 0 aromatic carbocycles. The third kappa shape index (κ3) is 3.70. The van der Waals surface area contributed by atoms with Crippen LogP contribution in [0.1, 0.15) is 25.1 Å². The summed E-state index contributed by atoms with van der Waals surface area (Å²) in [5, 5.41) is 4.92. The van der Waals surface area contributed by atoms with Crippen LogP contribution in [0.3, 0.4) is 0 Å². The largest absolute Gasteiger partial charge is 0.402 e. The normalized spacial score (nSPS) is 12.1. The summed E-state index contributed by atoms with van der Waals surface area (Å²) in [6, 6.07) is 4.09. The maximum Gasteiger partial charge on any atom is 0.248 e. The Labute approximate surface area is 100 Å². The lowest BCUT2D eigenvalue weighted by molar-refractivity contribution is -0.117. The predicted molar refractivity (Wildman–Crippen MR) is 68.2 cm³/mol. The van der Waals surface area contributed by atoms with Gasteiger partial charge in [0.05, 0.1) is 0 Å². The molecule has 0 unspecified atom stereocenters. The van der Waals surface area contributed by atoms with Gasteiger partial charge in [-0.05, 0) is 31.2 Å². The molecule has 0 fully saturated rings. The molecule has 0 bridgehead atoms. The van der Waals surface area contributed by atoms with Gasteiger partial charge in [-0.15, -0.1) is 11.3 Å². The highest BCUT2D eigenvalue weighted by Crippen LogP contribution is 2.08. The van der Waals surface area contributed by atoms with Gasteiger partial charge in [0.15, 0.2) is 0 Å². The van der Waals surface area contributed by atoms with Gasteiger partial charge >= 0.3 is 0 Å². The highest BCUT2D eigenvalue weighted by molar-refractivity contribution is 7.09. The van der Waals surface area contributed by atoms with Gasteiger partial charge in [0.1, 0.15) is 0 Å². The number of thiophene rings is 1. The maximum absolute atomic E-state index is 11.7. The summed E-state index contributed by atoms with van der Waals surface area (Å²) in [5.41, 5.74) is 6.93.